The first kappa shape index (κ1) is 17.8. The second-order valence-electron chi connectivity index (χ2n) is 6.11. The highest BCUT2D eigenvalue weighted by Crippen LogP contribution is 2.36. The molecule has 0 spiro atoms. The average molecular weight is 352 g/mol. The van der Waals surface area contributed by atoms with Gasteiger partial charge >= 0.3 is 5.97 Å². The highest BCUT2D eigenvalue weighted by Gasteiger charge is 2.20. The molecule has 0 heterocycles. The van der Waals surface area contributed by atoms with Crippen LogP contribution in [0.4, 0.5) is 8.78 Å². The summed E-state index contributed by atoms with van der Waals surface area (Å²) in [6, 6.07) is 15.9. The van der Waals surface area contributed by atoms with Crippen molar-refractivity contribution in [2.24, 2.45) is 0 Å². The van der Waals surface area contributed by atoms with Gasteiger partial charge in [-0.25, -0.2) is 13.6 Å². The third-order valence-corrected chi connectivity index (χ3v) is 4.31. The molecule has 26 heavy (non-hydrogen) atoms. The lowest BCUT2D eigenvalue weighted by atomic mass is 9.91. The van der Waals surface area contributed by atoms with Crippen LogP contribution in [0.3, 0.4) is 0 Å². The Labute approximate surface area is 150 Å². The second kappa shape index (κ2) is 7.48. The topological polar surface area (TPSA) is 37.3 Å². The van der Waals surface area contributed by atoms with E-state index in [4.69, 9.17) is 0 Å². The normalized spacial score (nSPS) is 10.7. The van der Waals surface area contributed by atoms with E-state index in [0.29, 0.717) is 16.7 Å². The number of rotatable bonds is 5. The van der Waals surface area contributed by atoms with E-state index < -0.39 is 11.8 Å². The number of carboxylic acid groups (broad SMARTS) is 1. The van der Waals surface area contributed by atoms with Gasteiger partial charge in [0.25, 0.3) is 0 Å². The van der Waals surface area contributed by atoms with Gasteiger partial charge in [0.15, 0.2) is 0 Å². The summed E-state index contributed by atoms with van der Waals surface area (Å²) >= 11 is 0. The van der Waals surface area contributed by atoms with Crippen LogP contribution in [0.5, 0.6) is 0 Å². The molecule has 0 aliphatic rings. The first-order chi connectivity index (χ1) is 12.5. The molecule has 0 unspecified atom stereocenters. The predicted octanol–water partition coefficient (Wildman–Crippen LogP) is 5.95. The van der Waals surface area contributed by atoms with Crippen LogP contribution in [-0.4, -0.2) is 11.1 Å². The summed E-state index contributed by atoms with van der Waals surface area (Å²) in [7, 11) is 0. The summed E-state index contributed by atoms with van der Waals surface area (Å²) in [5.41, 5.74) is 2.69. The number of aryl methyl sites for hydroxylation is 1. The van der Waals surface area contributed by atoms with E-state index in [2.05, 4.69) is 6.92 Å². The molecule has 0 bridgehead atoms. The minimum absolute atomic E-state index is 0.208. The van der Waals surface area contributed by atoms with Crippen molar-refractivity contribution in [1.29, 1.82) is 0 Å². The van der Waals surface area contributed by atoms with Crippen LogP contribution in [0.15, 0.2) is 60.7 Å². The van der Waals surface area contributed by atoms with Gasteiger partial charge in [-0.1, -0.05) is 55.8 Å². The highest BCUT2D eigenvalue weighted by atomic mass is 19.1. The van der Waals surface area contributed by atoms with Gasteiger partial charge in [-0.05, 0) is 46.9 Å². The Balaban J connectivity index is 2.20. The van der Waals surface area contributed by atoms with Gasteiger partial charge in [0, 0.05) is 5.56 Å². The molecule has 0 radical (unpaired) electrons. The van der Waals surface area contributed by atoms with E-state index >= 15 is 4.39 Å². The second-order valence-corrected chi connectivity index (χ2v) is 6.11. The van der Waals surface area contributed by atoms with Gasteiger partial charge < -0.3 is 5.11 Å². The van der Waals surface area contributed by atoms with E-state index in [1.54, 1.807) is 30.3 Å². The van der Waals surface area contributed by atoms with E-state index in [1.165, 1.54) is 18.2 Å². The Kier molecular flexibility index (Phi) is 5.12. The molecule has 0 saturated carbocycles. The van der Waals surface area contributed by atoms with Crippen LogP contribution in [0.25, 0.3) is 22.3 Å². The summed E-state index contributed by atoms with van der Waals surface area (Å²) in [6.45, 7) is 2.08. The van der Waals surface area contributed by atoms with Gasteiger partial charge in [-0.2, -0.15) is 0 Å². The van der Waals surface area contributed by atoms with Gasteiger partial charge in [-0.3, -0.25) is 0 Å². The molecule has 3 aromatic carbocycles. The largest absolute Gasteiger partial charge is 0.478 e. The third-order valence-electron chi connectivity index (χ3n) is 4.31. The molecule has 3 rings (SSSR count). The molecule has 0 atom stereocenters. The van der Waals surface area contributed by atoms with Crippen molar-refractivity contribution < 1.29 is 18.7 Å². The van der Waals surface area contributed by atoms with Gasteiger partial charge in [0.1, 0.15) is 11.6 Å². The first-order valence-corrected chi connectivity index (χ1v) is 8.42. The van der Waals surface area contributed by atoms with E-state index in [0.717, 1.165) is 18.4 Å². The fourth-order valence-electron chi connectivity index (χ4n) is 3.02. The van der Waals surface area contributed by atoms with Crippen LogP contribution < -0.4 is 0 Å². The zero-order valence-electron chi connectivity index (χ0n) is 14.3. The monoisotopic (exact) mass is 352 g/mol. The van der Waals surface area contributed by atoms with Crippen LogP contribution in [0.1, 0.15) is 29.3 Å². The van der Waals surface area contributed by atoms with Crippen LogP contribution in [0, 0.1) is 11.6 Å². The summed E-state index contributed by atoms with van der Waals surface area (Å²) in [5.74, 6) is -2.50. The third kappa shape index (κ3) is 3.49. The molecule has 132 valence electrons. The van der Waals surface area contributed by atoms with Crippen molar-refractivity contribution >= 4 is 5.97 Å². The molecule has 0 aromatic heterocycles. The SMILES string of the molecule is CCCc1ccc(-c2c(-c3ccc(F)cc3)ccc(C(=O)O)c2F)cc1. The number of carbonyl (C=O) groups is 1. The fraction of sp³-hybridized carbons (Fsp3) is 0.136. The van der Waals surface area contributed by atoms with Gasteiger partial charge in [0.05, 0.1) is 5.56 Å². The number of aromatic carboxylic acids is 1. The fourth-order valence-corrected chi connectivity index (χ4v) is 3.02. The molecule has 4 heteroatoms. The van der Waals surface area contributed by atoms with Crippen molar-refractivity contribution in [3.05, 3.63) is 83.4 Å². The molecule has 2 nitrogen and oxygen atoms in total. The molecular weight excluding hydrogens is 334 g/mol. The Bertz CT molecular complexity index is 930. The number of halogens is 2. The Hall–Kier alpha value is -3.01. The van der Waals surface area contributed by atoms with Crippen LogP contribution in [0.2, 0.25) is 0 Å². The minimum Gasteiger partial charge on any atom is -0.478 e. The predicted molar refractivity (Wildman–Crippen MR) is 98.2 cm³/mol. The van der Waals surface area contributed by atoms with E-state index in [-0.39, 0.29) is 16.9 Å². The Morgan fingerprint density at radius 2 is 1.50 bits per heavy atom. The molecule has 0 aliphatic carbocycles. The summed E-state index contributed by atoms with van der Waals surface area (Å²) in [5, 5.41) is 9.26. The number of hydrogen-bond acceptors (Lipinski definition) is 1. The maximum Gasteiger partial charge on any atom is 0.338 e. The van der Waals surface area contributed by atoms with E-state index in [1.807, 2.05) is 12.1 Å². The van der Waals surface area contributed by atoms with Crippen molar-refractivity contribution in [1.82, 2.24) is 0 Å². The molecule has 3 aromatic rings. The molecule has 0 aliphatic heterocycles. The van der Waals surface area contributed by atoms with Gasteiger partial charge in [0.2, 0.25) is 0 Å². The summed E-state index contributed by atoms with van der Waals surface area (Å²) in [4.78, 5) is 11.3. The summed E-state index contributed by atoms with van der Waals surface area (Å²) < 4.78 is 28.3. The smallest absolute Gasteiger partial charge is 0.338 e. The Morgan fingerprint density at radius 1 is 0.885 bits per heavy atom. The van der Waals surface area contributed by atoms with Crippen molar-refractivity contribution in [2.75, 3.05) is 0 Å². The lowest BCUT2D eigenvalue weighted by molar-refractivity contribution is 0.0692. The highest BCUT2D eigenvalue weighted by molar-refractivity contribution is 5.94. The number of benzene rings is 3. The lowest BCUT2D eigenvalue weighted by Gasteiger charge is -2.14. The molecule has 0 fully saturated rings. The molecular formula is C22H18F2O2. The van der Waals surface area contributed by atoms with Crippen molar-refractivity contribution in [3.63, 3.8) is 0 Å². The van der Waals surface area contributed by atoms with Crippen molar-refractivity contribution in [3.8, 4) is 22.3 Å². The quantitative estimate of drug-likeness (QED) is 0.616. The van der Waals surface area contributed by atoms with Gasteiger partial charge in [-0.15, -0.1) is 0 Å². The zero-order valence-corrected chi connectivity index (χ0v) is 14.3. The lowest BCUT2D eigenvalue weighted by Crippen LogP contribution is -2.03. The minimum atomic E-state index is -1.32. The molecule has 0 amide bonds. The standard InChI is InChI=1S/C22H18F2O2/c1-2-3-14-4-6-16(7-5-14)20-18(15-8-10-17(23)11-9-15)12-13-19(21(20)24)22(25)26/h4-13H,2-3H2,1H3,(H,25,26). The zero-order chi connectivity index (χ0) is 18.7. The number of hydrogen-bond donors (Lipinski definition) is 1. The van der Waals surface area contributed by atoms with Crippen LogP contribution in [-0.2, 0) is 6.42 Å². The maximum absolute atomic E-state index is 15.0. The van der Waals surface area contributed by atoms with Crippen LogP contribution >= 0.6 is 0 Å². The van der Waals surface area contributed by atoms with Crippen molar-refractivity contribution in [2.45, 2.75) is 19.8 Å². The number of carboxylic acids is 1. The Morgan fingerprint density at radius 3 is 2.08 bits per heavy atom. The first-order valence-electron chi connectivity index (χ1n) is 8.42. The molecule has 1 N–H and O–H groups in total. The maximum atomic E-state index is 15.0. The van der Waals surface area contributed by atoms with E-state index in [9.17, 15) is 14.3 Å². The average Bonchev–Trinajstić information content (AvgIpc) is 2.63. The molecule has 0 saturated heterocycles. The summed E-state index contributed by atoms with van der Waals surface area (Å²) in [6.07, 6.45) is 1.92.